The van der Waals surface area contributed by atoms with Gasteiger partial charge in [0.05, 0.1) is 6.61 Å². The van der Waals surface area contributed by atoms with Gasteiger partial charge in [0, 0.05) is 38.5 Å². The SMILES string of the molecule is CC(C)C(CO)N(CCN1C(=O)CCC1=O)Cc1ccccc1. The van der Waals surface area contributed by atoms with Crippen LogP contribution in [0.4, 0.5) is 0 Å². The van der Waals surface area contributed by atoms with Gasteiger partial charge in [0.25, 0.3) is 0 Å². The maximum atomic E-state index is 11.8. The van der Waals surface area contributed by atoms with Crippen molar-refractivity contribution >= 4 is 11.8 Å². The third-order valence-electron chi connectivity index (χ3n) is 4.42. The number of carbonyl (C=O) groups is 2. The molecule has 0 spiro atoms. The van der Waals surface area contributed by atoms with Gasteiger partial charge in [-0.1, -0.05) is 44.2 Å². The van der Waals surface area contributed by atoms with Gasteiger partial charge in [-0.15, -0.1) is 0 Å². The van der Waals surface area contributed by atoms with Gasteiger partial charge in [0.1, 0.15) is 0 Å². The molecule has 126 valence electrons. The van der Waals surface area contributed by atoms with Crippen LogP contribution in [0.25, 0.3) is 0 Å². The van der Waals surface area contributed by atoms with Crippen LogP contribution >= 0.6 is 0 Å². The minimum Gasteiger partial charge on any atom is -0.395 e. The number of imide groups is 1. The highest BCUT2D eigenvalue weighted by Gasteiger charge is 2.30. The monoisotopic (exact) mass is 318 g/mol. The van der Waals surface area contributed by atoms with Crippen molar-refractivity contribution < 1.29 is 14.7 Å². The van der Waals surface area contributed by atoms with Crippen molar-refractivity contribution in [3.63, 3.8) is 0 Å². The van der Waals surface area contributed by atoms with Gasteiger partial charge in [-0.25, -0.2) is 0 Å². The second-order valence-electron chi connectivity index (χ2n) is 6.39. The third kappa shape index (κ3) is 4.62. The Hall–Kier alpha value is -1.72. The van der Waals surface area contributed by atoms with Gasteiger partial charge in [0.2, 0.25) is 11.8 Å². The quantitative estimate of drug-likeness (QED) is 0.741. The van der Waals surface area contributed by atoms with Gasteiger partial charge in [-0.05, 0) is 11.5 Å². The summed E-state index contributed by atoms with van der Waals surface area (Å²) < 4.78 is 0. The molecule has 0 aliphatic carbocycles. The van der Waals surface area contributed by atoms with Crippen molar-refractivity contribution in [2.24, 2.45) is 5.92 Å². The number of amides is 2. The first-order chi connectivity index (χ1) is 11.0. The minimum atomic E-state index is -0.0836. The molecule has 1 aliphatic heterocycles. The summed E-state index contributed by atoms with van der Waals surface area (Å²) in [7, 11) is 0. The van der Waals surface area contributed by atoms with E-state index in [0.717, 1.165) is 5.56 Å². The molecule has 1 aliphatic rings. The predicted octanol–water partition coefficient (Wildman–Crippen LogP) is 1.65. The molecular formula is C18H26N2O3. The normalized spacial score (nSPS) is 16.7. The molecule has 0 radical (unpaired) electrons. The van der Waals surface area contributed by atoms with Crippen molar-refractivity contribution in [3.8, 4) is 0 Å². The highest BCUT2D eigenvalue weighted by atomic mass is 16.3. The molecule has 1 aromatic rings. The highest BCUT2D eigenvalue weighted by Crippen LogP contribution is 2.17. The lowest BCUT2D eigenvalue weighted by atomic mass is 10.0. The smallest absolute Gasteiger partial charge is 0.229 e. The van der Waals surface area contributed by atoms with Gasteiger partial charge in [-0.2, -0.15) is 0 Å². The van der Waals surface area contributed by atoms with E-state index in [1.54, 1.807) is 0 Å². The molecule has 1 fully saturated rings. The topological polar surface area (TPSA) is 60.9 Å². The number of hydrogen-bond acceptors (Lipinski definition) is 4. The molecule has 5 nitrogen and oxygen atoms in total. The summed E-state index contributed by atoms with van der Waals surface area (Å²) in [6, 6.07) is 10.1. The van der Waals surface area contributed by atoms with E-state index in [-0.39, 0.29) is 30.4 Å². The van der Waals surface area contributed by atoms with Crippen molar-refractivity contribution in [3.05, 3.63) is 35.9 Å². The van der Waals surface area contributed by atoms with Crippen molar-refractivity contribution in [1.29, 1.82) is 0 Å². The fraction of sp³-hybridized carbons (Fsp3) is 0.556. The van der Waals surface area contributed by atoms with Crippen molar-refractivity contribution in [2.45, 2.75) is 39.3 Å². The average Bonchev–Trinajstić information content (AvgIpc) is 2.85. The van der Waals surface area contributed by atoms with E-state index in [4.69, 9.17) is 0 Å². The molecule has 23 heavy (non-hydrogen) atoms. The highest BCUT2D eigenvalue weighted by molar-refractivity contribution is 6.01. The fourth-order valence-electron chi connectivity index (χ4n) is 3.03. The first-order valence-electron chi connectivity index (χ1n) is 8.25. The van der Waals surface area contributed by atoms with Crippen LogP contribution in [-0.2, 0) is 16.1 Å². The molecule has 1 aromatic carbocycles. The summed E-state index contributed by atoms with van der Waals surface area (Å²) in [4.78, 5) is 27.1. The number of aliphatic hydroxyl groups is 1. The minimum absolute atomic E-state index is 0.00279. The number of carbonyl (C=O) groups excluding carboxylic acids is 2. The molecule has 2 rings (SSSR count). The summed E-state index contributed by atoms with van der Waals surface area (Å²) in [6.45, 7) is 5.88. The zero-order valence-corrected chi connectivity index (χ0v) is 13.9. The molecule has 0 aromatic heterocycles. The van der Waals surface area contributed by atoms with E-state index in [0.29, 0.717) is 32.5 Å². The van der Waals surface area contributed by atoms with Crippen LogP contribution in [0, 0.1) is 5.92 Å². The number of likely N-dealkylation sites (tertiary alicyclic amines) is 1. The summed E-state index contributed by atoms with van der Waals surface area (Å²) in [6.07, 6.45) is 0.649. The van der Waals surface area contributed by atoms with Gasteiger partial charge in [-0.3, -0.25) is 19.4 Å². The second-order valence-corrected chi connectivity index (χ2v) is 6.39. The Morgan fingerprint density at radius 3 is 2.26 bits per heavy atom. The van der Waals surface area contributed by atoms with Crippen LogP contribution in [0.15, 0.2) is 30.3 Å². The Bertz CT molecular complexity index is 514. The molecule has 0 bridgehead atoms. The maximum absolute atomic E-state index is 11.8. The number of rotatable bonds is 8. The molecule has 1 unspecified atom stereocenters. The van der Waals surface area contributed by atoms with Crippen LogP contribution in [0.1, 0.15) is 32.3 Å². The standard InChI is InChI=1S/C18H26N2O3/c1-14(2)16(13-21)19(12-15-6-4-3-5-7-15)10-11-20-17(22)8-9-18(20)23/h3-7,14,16,21H,8-13H2,1-2H3. The fourth-order valence-corrected chi connectivity index (χ4v) is 3.03. The number of nitrogens with zero attached hydrogens (tertiary/aromatic N) is 2. The molecule has 1 N–H and O–H groups in total. The zero-order chi connectivity index (χ0) is 16.8. The summed E-state index contributed by atoms with van der Waals surface area (Å²) >= 11 is 0. The van der Waals surface area contributed by atoms with E-state index in [9.17, 15) is 14.7 Å². The lowest BCUT2D eigenvalue weighted by molar-refractivity contribution is -0.138. The van der Waals surface area contributed by atoms with E-state index >= 15 is 0 Å². The first kappa shape index (κ1) is 17.6. The number of aliphatic hydroxyl groups excluding tert-OH is 1. The van der Waals surface area contributed by atoms with Crippen LogP contribution in [0.2, 0.25) is 0 Å². The molecular weight excluding hydrogens is 292 g/mol. The maximum Gasteiger partial charge on any atom is 0.229 e. The van der Waals surface area contributed by atoms with Gasteiger partial charge >= 0.3 is 0 Å². The largest absolute Gasteiger partial charge is 0.395 e. The second kappa shape index (κ2) is 8.22. The summed E-state index contributed by atoms with van der Waals surface area (Å²) in [5.41, 5.74) is 1.16. The van der Waals surface area contributed by atoms with Gasteiger partial charge in [0.15, 0.2) is 0 Å². The Morgan fingerprint density at radius 1 is 1.13 bits per heavy atom. The lowest BCUT2D eigenvalue weighted by Crippen LogP contribution is -2.46. The van der Waals surface area contributed by atoms with E-state index in [1.165, 1.54) is 4.90 Å². The molecule has 5 heteroatoms. The Balaban J connectivity index is 2.06. The summed E-state index contributed by atoms with van der Waals surface area (Å²) in [5, 5.41) is 9.75. The Morgan fingerprint density at radius 2 is 1.74 bits per heavy atom. The molecule has 1 atom stereocenters. The van der Waals surface area contributed by atoms with E-state index in [2.05, 4.69) is 18.7 Å². The third-order valence-corrected chi connectivity index (χ3v) is 4.42. The van der Waals surface area contributed by atoms with Crippen molar-refractivity contribution in [1.82, 2.24) is 9.80 Å². The van der Waals surface area contributed by atoms with Crippen molar-refractivity contribution in [2.75, 3.05) is 19.7 Å². The molecule has 1 heterocycles. The van der Waals surface area contributed by atoms with Gasteiger partial charge < -0.3 is 5.11 Å². The van der Waals surface area contributed by atoms with Crippen LogP contribution in [0.3, 0.4) is 0 Å². The van der Waals surface area contributed by atoms with E-state index in [1.807, 2.05) is 30.3 Å². The Labute approximate surface area is 137 Å². The molecule has 0 saturated carbocycles. The van der Waals surface area contributed by atoms with Crippen LogP contribution in [-0.4, -0.2) is 52.5 Å². The van der Waals surface area contributed by atoms with Crippen LogP contribution in [0.5, 0.6) is 0 Å². The molecule has 1 saturated heterocycles. The first-order valence-corrected chi connectivity index (χ1v) is 8.25. The predicted molar refractivity (Wildman–Crippen MR) is 88.5 cm³/mol. The lowest BCUT2D eigenvalue weighted by Gasteiger charge is -2.34. The average molecular weight is 318 g/mol. The summed E-state index contributed by atoms with van der Waals surface area (Å²) in [5.74, 6) is 0.119. The number of benzene rings is 1. The molecule has 2 amide bonds. The Kier molecular flexibility index (Phi) is 6.30. The zero-order valence-electron chi connectivity index (χ0n) is 13.9. The van der Waals surface area contributed by atoms with E-state index < -0.39 is 0 Å². The van der Waals surface area contributed by atoms with Crippen LogP contribution < -0.4 is 0 Å². The number of hydrogen-bond donors (Lipinski definition) is 1.